The van der Waals surface area contributed by atoms with Gasteiger partial charge in [0.15, 0.2) is 0 Å². The highest BCUT2D eigenvalue weighted by Gasteiger charge is 2.20. The SMILES string of the molecule is CCOC(CC)C(NC)c1ccc(C(C)C)cc1. The van der Waals surface area contributed by atoms with Crippen molar-refractivity contribution in [2.24, 2.45) is 0 Å². The molecule has 2 unspecified atom stereocenters. The standard InChI is InChI=1S/C16H27NO/c1-6-15(18-7-2)16(17-5)14-10-8-13(9-11-14)12(3)4/h8-12,15-17H,6-7H2,1-5H3. The van der Waals surface area contributed by atoms with Crippen LogP contribution >= 0.6 is 0 Å². The highest BCUT2D eigenvalue weighted by atomic mass is 16.5. The molecule has 0 radical (unpaired) electrons. The van der Waals surface area contributed by atoms with Crippen LogP contribution in [0.4, 0.5) is 0 Å². The molecule has 1 aromatic rings. The van der Waals surface area contributed by atoms with Gasteiger partial charge in [0.05, 0.1) is 12.1 Å². The van der Waals surface area contributed by atoms with E-state index < -0.39 is 0 Å². The molecule has 0 aliphatic carbocycles. The molecule has 2 atom stereocenters. The summed E-state index contributed by atoms with van der Waals surface area (Å²) in [6.45, 7) is 9.43. The van der Waals surface area contributed by atoms with E-state index in [1.165, 1.54) is 11.1 Å². The van der Waals surface area contributed by atoms with Crippen molar-refractivity contribution in [3.63, 3.8) is 0 Å². The highest BCUT2D eigenvalue weighted by molar-refractivity contribution is 5.27. The monoisotopic (exact) mass is 249 g/mol. The molecule has 0 heterocycles. The largest absolute Gasteiger partial charge is 0.377 e. The summed E-state index contributed by atoms with van der Waals surface area (Å²) in [5, 5.41) is 3.38. The van der Waals surface area contributed by atoms with Crippen LogP contribution in [-0.2, 0) is 4.74 Å². The molecule has 0 saturated heterocycles. The lowest BCUT2D eigenvalue weighted by Gasteiger charge is -2.26. The minimum atomic E-state index is 0.241. The summed E-state index contributed by atoms with van der Waals surface area (Å²) in [5.74, 6) is 0.584. The fourth-order valence-electron chi connectivity index (χ4n) is 2.32. The summed E-state index contributed by atoms with van der Waals surface area (Å²) >= 11 is 0. The van der Waals surface area contributed by atoms with Gasteiger partial charge in [-0.15, -0.1) is 0 Å². The first-order valence-corrected chi connectivity index (χ1v) is 7.02. The number of nitrogens with one attached hydrogen (secondary N) is 1. The molecule has 1 N–H and O–H groups in total. The fourth-order valence-corrected chi connectivity index (χ4v) is 2.32. The van der Waals surface area contributed by atoms with Crippen LogP contribution in [0.3, 0.4) is 0 Å². The first kappa shape index (κ1) is 15.2. The fraction of sp³-hybridized carbons (Fsp3) is 0.625. The topological polar surface area (TPSA) is 21.3 Å². The van der Waals surface area contributed by atoms with E-state index in [1.807, 2.05) is 7.05 Å². The lowest BCUT2D eigenvalue weighted by Crippen LogP contribution is -2.31. The third-order valence-corrected chi connectivity index (χ3v) is 3.43. The van der Waals surface area contributed by atoms with Crippen molar-refractivity contribution in [2.75, 3.05) is 13.7 Å². The predicted molar refractivity (Wildman–Crippen MR) is 78.0 cm³/mol. The molecular formula is C16H27NO. The maximum Gasteiger partial charge on any atom is 0.0766 e. The molecule has 1 aromatic carbocycles. The van der Waals surface area contributed by atoms with Crippen molar-refractivity contribution in [3.05, 3.63) is 35.4 Å². The Morgan fingerprint density at radius 3 is 2.00 bits per heavy atom. The normalized spacial score (nSPS) is 14.8. The summed E-state index contributed by atoms with van der Waals surface area (Å²) in [5.41, 5.74) is 2.69. The molecular weight excluding hydrogens is 222 g/mol. The van der Waals surface area contributed by atoms with E-state index in [0.29, 0.717) is 5.92 Å². The molecule has 0 spiro atoms. The summed E-state index contributed by atoms with van der Waals surface area (Å²) in [7, 11) is 2.00. The summed E-state index contributed by atoms with van der Waals surface area (Å²) in [6, 6.07) is 9.17. The van der Waals surface area contributed by atoms with E-state index in [2.05, 4.69) is 57.3 Å². The number of ether oxygens (including phenoxy) is 1. The average molecular weight is 249 g/mol. The minimum Gasteiger partial charge on any atom is -0.377 e. The Hall–Kier alpha value is -0.860. The number of hydrogen-bond acceptors (Lipinski definition) is 2. The Balaban J connectivity index is 2.87. The Morgan fingerprint density at radius 2 is 1.61 bits per heavy atom. The quantitative estimate of drug-likeness (QED) is 0.791. The van der Waals surface area contributed by atoms with Gasteiger partial charge < -0.3 is 10.1 Å². The molecule has 0 aromatic heterocycles. The molecule has 0 saturated carbocycles. The van der Waals surface area contributed by atoms with Gasteiger partial charge in [-0.25, -0.2) is 0 Å². The van der Waals surface area contributed by atoms with Crippen LogP contribution < -0.4 is 5.32 Å². The maximum atomic E-state index is 5.81. The Labute approximate surface area is 112 Å². The van der Waals surface area contributed by atoms with Crippen molar-refractivity contribution in [1.29, 1.82) is 0 Å². The zero-order valence-corrected chi connectivity index (χ0v) is 12.4. The van der Waals surface area contributed by atoms with Crippen LogP contribution in [0.2, 0.25) is 0 Å². The van der Waals surface area contributed by atoms with E-state index in [-0.39, 0.29) is 12.1 Å². The predicted octanol–water partition coefficient (Wildman–Crippen LogP) is 3.89. The van der Waals surface area contributed by atoms with Gasteiger partial charge >= 0.3 is 0 Å². The van der Waals surface area contributed by atoms with Gasteiger partial charge in [-0.1, -0.05) is 45.0 Å². The molecule has 0 amide bonds. The van der Waals surface area contributed by atoms with E-state index >= 15 is 0 Å². The Bertz CT molecular complexity index is 331. The molecule has 2 heteroatoms. The van der Waals surface area contributed by atoms with Crippen LogP contribution in [0.15, 0.2) is 24.3 Å². The van der Waals surface area contributed by atoms with E-state index in [9.17, 15) is 0 Å². The highest BCUT2D eigenvalue weighted by Crippen LogP contribution is 2.23. The first-order chi connectivity index (χ1) is 8.63. The van der Waals surface area contributed by atoms with Crippen molar-refractivity contribution < 1.29 is 4.74 Å². The van der Waals surface area contributed by atoms with Gasteiger partial charge in [-0.2, -0.15) is 0 Å². The van der Waals surface area contributed by atoms with Crippen LogP contribution in [0.5, 0.6) is 0 Å². The number of likely N-dealkylation sites (N-methyl/N-ethyl adjacent to an activating group) is 1. The number of benzene rings is 1. The van der Waals surface area contributed by atoms with Gasteiger partial charge in [-0.05, 0) is 37.4 Å². The third-order valence-electron chi connectivity index (χ3n) is 3.43. The van der Waals surface area contributed by atoms with Gasteiger partial charge in [0.1, 0.15) is 0 Å². The van der Waals surface area contributed by atoms with Crippen LogP contribution in [-0.4, -0.2) is 19.8 Å². The minimum absolute atomic E-state index is 0.241. The van der Waals surface area contributed by atoms with Crippen molar-refractivity contribution in [2.45, 2.75) is 52.2 Å². The van der Waals surface area contributed by atoms with E-state index in [4.69, 9.17) is 4.74 Å². The number of rotatable bonds is 7. The zero-order chi connectivity index (χ0) is 13.5. The summed E-state index contributed by atoms with van der Waals surface area (Å²) in [6.07, 6.45) is 1.26. The van der Waals surface area contributed by atoms with Gasteiger partial charge in [0, 0.05) is 6.61 Å². The van der Waals surface area contributed by atoms with Crippen molar-refractivity contribution in [3.8, 4) is 0 Å². The van der Waals surface area contributed by atoms with Gasteiger partial charge in [-0.3, -0.25) is 0 Å². The molecule has 18 heavy (non-hydrogen) atoms. The number of hydrogen-bond donors (Lipinski definition) is 1. The lowest BCUT2D eigenvalue weighted by atomic mass is 9.96. The summed E-state index contributed by atoms with van der Waals surface area (Å²) in [4.78, 5) is 0. The van der Waals surface area contributed by atoms with Crippen LogP contribution in [0, 0.1) is 0 Å². The van der Waals surface area contributed by atoms with E-state index in [1.54, 1.807) is 0 Å². The average Bonchev–Trinajstić information content (AvgIpc) is 2.39. The van der Waals surface area contributed by atoms with Crippen LogP contribution in [0.1, 0.15) is 57.2 Å². The smallest absolute Gasteiger partial charge is 0.0766 e. The van der Waals surface area contributed by atoms with E-state index in [0.717, 1.165) is 13.0 Å². The Kier molecular flexibility index (Phi) is 6.37. The maximum absolute atomic E-state index is 5.81. The van der Waals surface area contributed by atoms with Crippen LogP contribution in [0.25, 0.3) is 0 Å². The molecule has 0 aliphatic rings. The lowest BCUT2D eigenvalue weighted by molar-refractivity contribution is 0.0334. The first-order valence-electron chi connectivity index (χ1n) is 7.02. The molecule has 0 bridgehead atoms. The molecule has 0 fully saturated rings. The molecule has 102 valence electrons. The second-order valence-corrected chi connectivity index (χ2v) is 4.99. The van der Waals surface area contributed by atoms with Crippen molar-refractivity contribution >= 4 is 0 Å². The van der Waals surface area contributed by atoms with Crippen molar-refractivity contribution in [1.82, 2.24) is 5.32 Å². The molecule has 1 rings (SSSR count). The molecule has 0 aliphatic heterocycles. The second-order valence-electron chi connectivity index (χ2n) is 4.99. The zero-order valence-electron chi connectivity index (χ0n) is 12.4. The summed E-state index contributed by atoms with van der Waals surface area (Å²) < 4.78 is 5.81. The Morgan fingerprint density at radius 1 is 1.06 bits per heavy atom. The molecule has 2 nitrogen and oxygen atoms in total. The van der Waals surface area contributed by atoms with Gasteiger partial charge in [0.25, 0.3) is 0 Å². The third kappa shape index (κ3) is 3.82. The van der Waals surface area contributed by atoms with Gasteiger partial charge in [0.2, 0.25) is 0 Å². The second kappa shape index (κ2) is 7.55.